The maximum absolute atomic E-state index is 11.3. The lowest BCUT2D eigenvalue weighted by Crippen LogP contribution is -2.11. The van der Waals surface area contributed by atoms with Gasteiger partial charge in [-0.1, -0.05) is 12.1 Å². The Morgan fingerprint density at radius 1 is 1.25 bits per heavy atom. The Hall–Kier alpha value is -2.38. The van der Waals surface area contributed by atoms with Gasteiger partial charge in [-0.2, -0.15) is 0 Å². The molecule has 0 fully saturated rings. The molecule has 3 N–H and O–H groups in total. The van der Waals surface area contributed by atoms with Gasteiger partial charge in [-0.15, -0.1) is 0 Å². The average Bonchev–Trinajstić information content (AvgIpc) is 2.84. The molecule has 104 valence electrons. The molecule has 1 heterocycles. The molecule has 0 spiro atoms. The number of hydrogen-bond donors (Lipinski definition) is 2. The Bertz CT molecular complexity index is 774. The summed E-state index contributed by atoms with van der Waals surface area (Å²) in [7, 11) is -3.78. The summed E-state index contributed by atoms with van der Waals surface area (Å²) in [5.41, 5.74) is 0.534. The summed E-state index contributed by atoms with van der Waals surface area (Å²) in [4.78, 5) is 10.4. The molecule has 0 bridgehead atoms. The number of sulfonamides is 1. The van der Waals surface area contributed by atoms with Crippen LogP contribution in [0, 0.1) is 0 Å². The third kappa shape index (κ3) is 3.34. The van der Waals surface area contributed by atoms with E-state index in [9.17, 15) is 13.2 Å². The van der Waals surface area contributed by atoms with Crippen molar-refractivity contribution in [1.29, 1.82) is 0 Å². The highest BCUT2D eigenvalue weighted by molar-refractivity contribution is 7.89. The standard InChI is InChI=1S/C13H11NO5S/c14-20(17,18)11-3-1-2-9(8-11)12-6-4-10(19-12)5-7-13(15)16/h1-8H,(H,15,16)(H2,14,17,18). The number of carboxylic acid groups (broad SMARTS) is 1. The van der Waals surface area contributed by atoms with Crippen molar-refractivity contribution in [3.63, 3.8) is 0 Å². The second kappa shape index (κ2) is 5.32. The quantitative estimate of drug-likeness (QED) is 0.833. The van der Waals surface area contributed by atoms with Crippen LogP contribution in [0.15, 0.2) is 51.8 Å². The zero-order valence-electron chi connectivity index (χ0n) is 10.2. The predicted octanol–water partition coefficient (Wildman–Crippen LogP) is 1.69. The molecule has 0 atom stereocenters. The molecule has 0 saturated carbocycles. The number of nitrogens with two attached hydrogens (primary N) is 1. The van der Waals surface area contributed by atoms with Crippen molar-refractivity contribution in [1.82, 2.24) is 0 Å². The van der Waals surface area contributed by atoms with Gasteiger partial charge in [0.05, 0.1) is 4.90 Å². The molecule has 0 amide bonds. The van der Waals surface area contributed by atoms with Gasteiger partial charge in [0.25, 0.3) is 0 Å². The monoisotopic (exact) mass is 293 g/mol. The molecule has 0 aliphatic carbocycles. The zero-order valence-corrected chi connectivity index (χ0v) is 11.0. The number of hydrogen-bond acceptors (Lipinski definition) is 4. The summed E-state index contributed by atoms with van der Waals surface area (Å²) >= 11 is 0. The van der Waals surface area contributed by atoms with Gasteiger partial charge in [0.15, 0.2) is 0 Å². The van der Waals surface area contributed by atoms with Crippen LogP contribution in [0.4, 0.5) is 0 Å². The molecule has 0 aliphatic heterocycles. The molecular weight excluding hydrogens is 282 g/mol. The van der Waals surface area contributed by atoms with E-state index in [2.05, 4.69) is 0 Å². The lowest BCUT2D eigenvalue weighted by atomic mass is 10.2. The smallest absolute Gasteiger partial charge is 0.328 e. The number of carbonyl (C=O) groups is 1. The maximum atomic E-state index is 11.3. The average molecular weight is 293 g/mol. The second-order valence-electron chi connectivity index (χ2n) is 3.95. The Morgan fingerprint density at radius 2 is 2.00 bits per heavy atom. The number of primary sulfonamides is 1. The van der Waals surface area contributed by atoms with E-state index in [1.54, 1.807) is 24.3 Å². The van der Waals surface area contributed by atoms with Gasteiger partial charge in [0, 0.05) is 11.6 Å². The molecule has 2 rings (SSSR count). The first-order chi connectivity index (χ1) is 9.36. The predicted molar refractivity (Wildman–Crippen MR) is 72.2 cm³/mol. The Kier molecular flexibility index (Phi) is 3.73. The SMILES string of the molecule is NS(=O)(=O)c1cccc(-c2ccc(C=CC(=O)O)o2)c1. The summed E-state index contributed by atoms with van der Waals surface area (Å²) in [6.07, 6.45) is 2.25. The molecule has 0 saturated heterocycles. The van der Waals surface area contributed by atoms with Crippen molar-refractivity contribution >= 4 is 22.1 Å². The minimum absolute atomic E-state index is 0.0194. The fourth-order valence-corrected chi connectivity index (χ4v) is 2.14. The van der Waals surface area contributed by atoms with Crippen LogP contribution in [-0.4, -0.2) is 19.5 Å². The third-order valence-electron chi connectivity index (χ3n) is 2.46. The van der Waals surface area contributed by atoms with Crippen molar-refractivity contribution in [2.75, 3.05) is 0 Å². The lowest BCUT2D eigenvalue weighted by Gasteiger charge is -2.00. The van der Waals surface area contributed by atoms with Gasteiger partial charge < -0.3 is 9.52 Å². The first-order valence-electron chi connectivity index (χ1n) is 5.50. The molecule has 20 heavy (non-hydrogen) atoms. The maximum Gasteiger partial charge on any atom is 0.328 e. The number of rotatable bonds is 4. The van der Waals surface area contributed by atoms with Crippen LogP contribution in [0.25, 0.3) is 17.4 Å². The van der Waals surface area contributed by atoms with Gasteiger partial charge in [-0.25, -0.2) is 18.4 Å². The van der Waals surface area contributed by atoms with Crippen LogP contribution in [0.3, 0.4) is 0 Å². The summed E-state index contributed by atoms with van der Waals surface area (Å²) in [6.45, 7) is 0. The minimum atomic E-state index is -3.78. The summed E-state index contributed by atoms with van der Waals surface area (Å²) in [5, 5.41) is 13.6. The summed E-state index contributed by atoms with van der Waals surface area (Å²) in [5.74, 6) is -0.317. The fraction of sp³-hybridized carbons (Fsp3) is 0. The Labute approximate surface area is 115 Å². The van der Waals surface area contributed by atoms with Gasteiger partial charge >= 0.3 is 5.97 Å². The Balaban J connectivity index is 2.36. The number of furan rings is 1. The molecule has 2 aromatic rings. The highest BCUT2D eigenvalue weighted by Crippen LogP contribution is 2.24. The number of carboxylic acids is 1. The fourth-order valence-electron chi connectivity index (χ4n) is 1.58. The summed E-state index contributed by atoms with van der Waals surface area (Å²) in [6, 6.07) is 9.18. The van der Waals surface area contributed by atoms with Crippen LogP contribution in [0.5, 0.6) is 0 Å². The second-order valence-corrected chi connectivity index (χ2v) is 5.51. The Morgan fingerprint density at radius 3 is 2.65 bits per heavy atom. The largest absolute Gasteiger partial charge is 0.478 e. The highest BCUT2D eigenvalue weighted by atomic mass is 32.2. The van der Waals surface area contributed by atoms with E-state index in [-0.39, 0.29) is 4.90 Å². The number of benzene rings is 1. The van der Waals surface area contributed by atoms with Gasteiger partial charge in [0.1, 0.15) is 11.5 Å². The molecule has 7 heteroatoms. The van der Waals surface area contributed by atoms with Crippen molar-refractivity contribution < 1.29 is 22.7 Å². The molecule has 0 radical (unpaired) electrons. The zero-order chi connectivity index (χ0) is 14.8. The van der Waals surface area contributed by atoms with E-state index in [4.69, 9.17) is 14.7 Å². The van der Waals surface area contributed by atoms with Crippen molar-refractivity contribution in [3.05, 3.63) is 48.2 Å². The van der Waals surface area contributed by atoms with Crippen LogP contribution >= 0.6 is 0 Å². The van der Waals surface area contributed by atoms with Crippen molar-refractivity contribution in [2.24, 2.45) is 5.14 Å². The van der Waals surface area contributed by atoms with Crippen molar-refractivity contribution in [2.45, 2.75) is 4.90 Å². The van der Waals surface area contributed by atoms with Crippen LogP contribution in [-0.2, 0) is 14.8 Å². The van der Waals surface area contributed by atoms with E-state index in [0.29, 0.717) is 17.1 Å². The van der Waals surface area contributed by atoms with E-state index >= 15 is 0 Å². The van der Waals surface area contributed by atoms with E-state index < -0.39 is 16.0 Å². The van der Waals surface area contributed by atoms with Crippen LogP contribution in [0.2, 0.25) is 0 Å². The number of aliphatic carboxylic acids is 1. The summed E-state index contributed by atoms with van der Waals surface area (Å²) < 4.78 is 27.9. The highest BCUT2D eigenvalue weighted by Gasteiger charge is 2.10. The van der Waals surface area contributed by atoms with Gasteiger partial charge in [-0.05, 0) is 30.3 Å². The van der Waals surface area contributed by atoms with Crippen LogP contribution < -0.4 is 5.14 Å². The topological polar surface area (TPSA) is 111 Å². The first kappa shape index (κ1) is 14.0. The van der Waals surface area contributed by atoms with E-state index in [0.717, 1.165) is 6.08 Å². The first-order valence-corrected chi connectivity index (χ1v) is 7.05. The molecular formula is C13H11NO5S. The molecule has 1 aromatic heterocycles. The van der Waals surface area contributed by atoms with Crippen LogP contribution in [0.1, 0.15) is 5.76 Å². The normalized spacial score (nSPS) is 11.8. The lowest BCUT2D eigenvalue weighted by molar-refractivity contribution is -0.131. The van der Waals surface area contributed by atoms with Crippen molar-refractivity contribution in [3.8, 4) is 11.3 Å². The van der Waals surface area contributed by atoms with E-state index in [1.807, 2.05) is 0 Å². The molecule has 1 aromatic carbocycles. The molecule has 6 nitrogen and oxygen atoms in total. The van der Waals surface area contributed by atoms with Gasteiger partial charge in [0.2, 0.25) is 10.0 Å². The van der Waals surface area contributed by atoms with Gasteiger partial charge in [-0.3, -0.25) is 0 Å². The van der Waals surface area contributed by atoms with E-state index in [1.165, 1.54) is 18.2 Å². The third-order valence-corrected chi connectivity index (χ3v) is 3.38. The molecule has 0 unspecified atom stereocenters. The minimum Gasteiger partial charge on any atom is -0.478 e. The molecule has 0 aliphatic rings.